The van der Waals surface area contributed by atoms with Crippen LogP contribution in [0.3, 0.4) is 0 Å². The van der Waals surface area contributed by atoms with Crippen LogP contribution in [0.15, 0.2) is 24.4 Å². The first-order chi connectivity index (χ1) is 10.0. The van der Waals surface area contributed by atoms with E-state index in [2.05, 4.69) is 55.2 Å². The van der Waals surface area contributed by atoms with E-state index in [1.807, 2.05) is 12.3 Å². The number of pyridine rings is 1. The largest absolute Gasteiger partial charge is 0.313 e. The Hall–Kier alpha value is -0.930. The molecular weight excluding hydrogens is 258 g/mol. The Labute approximate surface area is 130 Å². The molecule has 0 aliphatic heterocycles. The molecule has 1 aliphatic rings. The van der Waals surface area contributed by atoms with E-state index in [-0.39, 0.29) is 0 Å². The van der Waals surface area contributed by atoms with E-state index in [0.717, 1.165) is 25.4 Å². The van der Waals surface area contributed by atoms with Gasteiger partial charge in [0.15, 0.2) is 0 Å². The second-order valence-corrected chi connectivity index (χ2v) is 7.16. The molecule has 118 valence electrons. The summed E-state index contributed by atoms with van der Waals surface area (Å²) >= 11 is 0. The predicted octanol–water partition coefficient (Wildman–Crippen LogP) is 2.97. The summed E-state index contributed by atoms with van der Waals surface area (Å²) < 4.78 is 0. The molecule has 0 radical (unpaired) electrons. The SMILES string of the molecule is CCNC1C(CN(C)CCc2ccccn2)CCC1(C)C. The Kier molecular flexibility index (Phi) is 5.77. The van der Waals surface area contributed by atoms with Gasteiger partial charge in [0.25, 0.3) is 0 Å². The average molecular weight is 289 g/mol. The maximum Gasteiger partial charge on any atom is 0.0416 e. The lowest BCUT2D eigenvalue weighted by molar-refractivity contribution is 0.206. The van der Waals surface area contributed by atoms with Crippen LogP contribution in [-0.4, -0.2) is 42.6 Å². The van der Waals surface area contributed by atoms with Crippen LogP contribution in [0.4, 0.5) is 0 Å². The van der Waals surface area contributed by atoms with Crippen molar-refractivity contribution in [1.29, 1.82) is 0 Å². The molecule has 0 spiro atoms. The molecule has 1 N–H and O–H groups in total. The molecule has 0 amide bonds. The van der Waals surface area contributed by atoms with Gasteiger partial charge in [-0.2, -0.15) is 0 Å². The molecule has 3 heteroatoms. The second-order valence-electron chi connectivity index (χ2n) is 7.16. The van der Waals surface area contributed by atoms with Gasteiger partial charge in [-0.3, -0.25) is 4.98 Å². The molecule has 1 aliphatic carbocycles. The summed E-state index contributed by atoms with van der Waals surface area (Å²) in [5, 5.41) is 3.72. The first kappa shape index (κ1) is 16.4. The zero-order chi connectivity index (χ0) is 15.3. The fraction of sp³-hybridized carbons (Fsp3) is 0.722. The molecular formula is C18H31N3. The third kappa shape index (κ3) is 4.52. The van der Waals surface area contributed by atoms with Gasteiger partial charge >= 0.3 is 0 Å². The van der Waals surface area contributed by atoms with Crippen LogP contribution < -0.4 is 5.32 Å². The zero-order valence-corrected chi connectivity index (χ0v) is 14.1. The number of aromatic nitrogens is 1. The molecule has 0 aromatic carbocycles. The molecule has 2 unspecified atom stereocenters. The molecule has 1 saturated carbocycles. The number of nitrogens with one attached hydrogen (secondary N) is 1. The molecule has 21 heavy (non-hydrogen) atoms. The van der Waals surface area contributed by atoms with Crippen molar-refractivity contribution >= 4 is 0 Å². The van der Waals surface area contributed by atoms with Crippen LogP contribution in [-0.2, 0) is 6.42 Å². The molecule has 1 heterocycles. The zero-order valence-electron chi connectivity index (χ0n) is 14.1. The summed E-state index contributed by atoms with van der Waals surface area (Å²) in [7, 11) is 2.25. The molecule has 3 nitrogen and oxygen atoms in total. The predicted molar refractivity (Wildman–Crippen MR) is 89.4 cm³/mol. The monoisotopic (exact) mass is 289 g/mol. The first-order valence-corrected chi connectivity index (χ1v) is 8.35. The highest BCUT2D eigenvalue weighted by atomic mass is 15.1. The third-order valence-electron chi connectivity index (χ3n) is 4.92. The van der Waals surface area contributed by atoms with Crippen molar-refractivity contribution in [3.05, 3.63) is 30.1 Å². The standard InChI is InChI=1S/C18H31N3/c1-5-19-17-15(9-11-18(17,2)3)14-21(4)13-10-16-8-6-7-12-20-16/h6-8,12,15,17,19H,5,9-11,13-14H2,1-4H3. The highest BCUT2D eigenvalue weighted by Crippen LogP contribution is 2.41. The molecule has 2 atom stereocenters. The van der Waals surface area contributed by atoms with Gasteiger partial charge < -0.3 is 10.2 Å². The molecule has 1 aromatic heterocycles. The van der Waals surface area contributed by atoms with Crippen molar-refractivity contribution in [3.63, 3.8) is 0 Å². The van der Waals surface area contributed by atoms with Gasteiger partial charge in [-0.05, 0) is 49.9 Å². The Morgan fingerprint density at radius 1 is 1.38 bits per heavy atom. The van der Waals surface area contributed by atoms with Gasteiger partial charge in [-0.1, -0.05) is 26.8 Å². The van der Waals surface area contributed by atoms with Crippen molar-refractivity contribution in [1.82, 2.24) is 15.2 Å². The number of nitrogens with zero attached hydrogens (tertiary/aromatic N) is 2. The van der Waals surface area contributed by atoms with E-state index in [4.69, 9.17) is 0 Å². The average Bonchev–Trinajstić information content (AvgIpc) is 2.74. The summed E-state index contributed by atoms with van der Waals surface area (Å²) in [6.07, 6.45) is 5.61. The minimum Gasteiger partial charge on any atom is -0.313 e. The van der Waals surface area contributed by atoms with Gasteiger partial charge in [0.1, 0.15) is 0 Å². The van der Waals surface area contributed by atoms with Crippen LogP contribution in [0.1, 0.15) is 39.3 Å². The minimum absolute atomic E-state index is 0.433. The molecule has 1 fully saturated rings. The highest BCUT2D eigenvalue weighted by molar-refractivity contribution is 5.04. The number of hydrogen-bond donors (Lipinski definition) is 1. The van der Waals surface area contributed by atoms with Crippen molar-refractivity contribution in [2.45, 2.75) is 46.1 Å². The van der Waals surface area contributed by atoms with E-state index in [0.29, 0.717) is 11.5 Å². The lowest BCUT2D eigenvalue weighted by atomic mass is 9.84. The Bertz CT molecular complexity index is 416. The fourth-order valence-corrected chi connectivity index (χ4v) is 3.72. The van der Waals surface area contributed by atoms with E-state index < -0.39 is 0 Å². The van der Waals surface area contributed by atoms with Crippen molar-refractivity contribution in [2.75, 3.05) is 26.7 Å². The smallest absolute Gasteiger partial charge is 0.0416 e. The Morgan fingerprint density at radius 3 is 2.86 bits per heavy atom. The van der Waals surface area contributed by atoms with Crippen molar-refractivity contribution in [2.24, 2.45) is 11.3 Å². The van der Waals surface area contributed by atoms with Crippen LogP contribution >= 0.6 is 0 Å². The number of likely N-dealkylation sites (N-methyl/N-ethyl adjacent to an activating group) is 1. The summed E-state index contributed by atoms with van der Waals surface area (Å²) in [5.74, 6) is 0.772. The van der Waals surface area contributed by atoms with E-state index in [1.165, 1.54) is 25.1 Å². The molecule has 1 aromatic rings. The molecule has 0 bridgehead atoms. The third-order valence-corrected chi connectivity index (χ3v) is 4.92. The van der Waals surface area contributed by atoms with Gasteiger partial charge in [0, 0.05) is 37.4 Å². The van der Waals surface area contributed by atoms with Crippen molar-refractivity contribution < 1.29 is 0 Å². The Morgan fingerprint density at radius 2 is 2.19 bits per heavy atom. The van der Waals surface area contributed by atoms with Crippen molar-refractivity contribution in [3.8, 4) is 0 Å². The van der Waals surface area contributed by atoms with E-state index >= 15 is 0 Å². The van der Waals surface area contributed by atoms with Crippen LogP contribution in [0.5, 0.6) is 0 Å². The molecule has 2 rings (SSSR count). The maximum absolute atomic E-state index is 4.41. The minimum atomic E-state index is 0.433. The Balaban J connectivity index is 1.83. The normalized spacial score (nSPS) is 24.6. The molecule has 0 saturated heterocycles. The number of hydrogen-bond acceptors (Lipinski definition) is 3. The highest BCUT2D eigenvalue weighted by Gasteiger charge is 2.41. The maximum atomic E-state index is 4.41. The van der Waals surface area contributed by atoms with E-state index in [1.54, 1.807) is 0 Å². The van der Waals surface area contributed by atoms with Gasteiger partial charge in [-0.25, -0.2) is 0 Å². The van der Waals surface area contributed by atoms with Crippen LogP contribution in [0.2, 0.25) is 0 Å². The summed E-state index contributed by atoms with van der Waals surface area (Å²) in [6, 6.07) is 6.83. The topological polar surface area (TPSA) is 28.2 Å². The van der Waals surface area contributed by atoms with Gasteiger partial charge in [0.05, 0.1) is 0 Å². The van der Waals surface area contributed by atoms with Gasteiger partial charge in [0.2, 0.25) is 0 Å². The summed E-state index contributed by atoms with van der Waals surface area (Å²) in [5.41, 5.74) is 1.63. The quantitative estimate of drug-likeness (QED) is 0.836. The van der Waals surface area contributed by atoms with Gasteiger partial charge in [-0.15, -0.1) is 0 Å². The second kappa shape index (κ2) is 7.37. The fourth-order valence-electron chi connectivity index (χ4n) is 3.72. The van der Waals surface area contributed by atoms with Crippen LogP contribution in [0.25, 0.3) is 0 Å². The summed E-state index contributed by atoms with van der Waals surface area (Å²) in [4.78, 5) is 6.89. The number of rotatable bonds is 7. The lowest BCUT2D eigenvalue weighted by Crippen LogP contribution is -2.45. The lowest BCUT2D eigenvalue weighted by Gasteiger charge is -2.33. The summed E-state index contributed by atoms with van der Waals surface area (Å²) in [6.45, 7) is 10.4. The van der Waals surface area contributed by atoms with E-state index in [9.17, 15) is 0 Å². The van der Waals surface area contributed by atoms with Crippen LogP contribution in [0, 0.1) is 11.3 Å². The first-order valence-electron chi connectivity index (χ1n) is 8.35.